The van der Waals surface area contributed by atoms with Crippen LogP contribution in [0, 0.1) is 0 Å². The molecule has 6 nitrogen and oxygen atoms in total. The molecular weight excluding hydrogens is 403 g/mol. The normalized spacial score (nSPS) is 21.1. The van der Waals surface area contributed by atoms with Crippen LogP contribution in [-0.2, 0) is 4.74 Å². The van der Waals surface area contributed by atoms with Crippen LogP contribution in [0.2, 0.25) is 0 Å². The molecule has 0 aliphatic carbocycles. The maximum absolute atomic E-state index is 11.8. The van der Waals surface area contributed by atoms with E-state index in [2.05, 4.69) is 9.80 Å². The Labute approximate surface area is 152 Å². The number of rotatable bonds is 4. The van der Waals surface area contributed by atoms with E-state index in [1.54, 1.807) is 12.3 Å². The van der Waals surface area contributed by atoms with E-state index in [1.165, 1.54) is 23.6 Å². The first kappa shape index (κ1) is 23.7. The van der Waals surface area contributed by atoms with Crippen molar-refractivity contribution in [1.82, 2.24) is 14.5 Å². The van der Waals surface area contributed by atoms with Gasteiger partial charge in [0.05, 0.1) is 13.2 Å². The summed E-state index contributed by atoms with van der Waals surface area (Å²) in [6, 6.07) is 5.05. The summed E-state index contributed by atoms with van der Waals surface area (Å²) in [7, 11) is -8.55. The summed E-state index contributed by atoms with van der Waals surface area (Å²) >= 11 is 0. The summed E-state index contributed by atoms with van der Waals surface area (Å²) in [5, 5.41) is 0. The fourth-order valence-corrected chi connectivity index (χ4v) is 2.73. The van der Waals surface area contributed by atoms with Gasteiger partial charge in [0.15, 0.2) is 0 Å². The molecule has 2 saturated heterocycles. The van der Waals surface area contributed by atoms with Crippen LogP contribution in [0.3, 0.4) is 0 Å². The molecule has 1 atom stereocenters. The number of pyridine rings is 1. The van der Waals surface area contributed by atoms with E-state index in [0.29, 0.717) is 0 Å². The first-order valence-electron chi connectivity index (χ1n) is 8.10. The van der Waals surface area contributed by atoms with Crippen LogP contribution in [0.1, 0.15) is 12.8 Å². The van der Waals surface area contributed by atoms with Crippen molar-refractivity contribution in [3.63, 3.8) is 0 Å². The zero-order valence-electron chi connectivity index (χ0n) is 14.3. The minimum Gasteiger partial charge on any atom is -1.00 e. The van der Waals surface area contributed by atoms with E-state index in [0.717, 1.165) is 39.4 Å². The second kappa shape index (κ2) is 9.72. The van der Waals surface area contributed by atoms with E-state index >= 15 is 0 Å². The summed E-state index contributed by atoms with van der Waals surface area (Å²) < 4.78 is 55.9. The number of nitrogens with zero attached hydrogens (tertiary/aromatic N) is 3. The summed E-state index contributed by atoms with van der Waals surface area (Å²) in [6.45, 7) is 5.15. The Morgan fingerprint density at radius 2 is 1.48 bits per heavy atom. The van der Waals surface area contributed by atoms with E-state index in [9.17, 15) is 25.8 Å². The Kier molecular flexibility index (Phi) is 8.52. The fraction of sp³-hybridized carbons (Fsp3) is 0.643. The summed E-state index contributed by atoms with van der Waals surface area (Å²) in [5.41, 5.74) is -0.134. The monoisotopic (exact) mass is 424 g/mol. The summed E-state index contributed by atoms with van der Waals surface area (Å²) in [4.78, 5) is 22.3. The molecule has 1 unspecified atom stereocenters. The Morgan fingerprint density at radius 3 is 2.00 bits per heavy atom. The number of morpholine rings is 1. The Hall–Kier alpha value is -1.36. The molecule has 0 saturated carbocycles. The van der Waals surface area contributed by atoms with Crippen LogP contribution in [0.25, 0.3) is 0 Å². The molecule has 1 aromatic heterocycles. The molecule has 158 valence electrons. The second-order valence-electron chi connectivity index (χ2n) is 5.83. The van der Waals surface area contributed by atoms with Crippen LogP contribution in [0.5, 0.6) is 0 Å². The molecule has 0 amide bonds. The number of aromatic nitrogens is 1. The van der Waals surface area contributed by atoms with Crippen LogP contribution < -0.4 is 15.1 Å². The predicted octanol–water partition coefficient (Wildman–Crippen LogP) is -0.0453. The van der Waals surface area contributed by atoms with Gasteiger partial charge >= 0.3 is 29.1 Å². The number of halogens is 6. The molecule has 27 heavy (non-hydrogen) atoms. The van der Waals surface area contributed by atoms with Gasteiger partial charge in [-0.2, -0.15) is 0 Å². The molecule has 1 aromatic rings. The fourth-order valence-electron chi connectivity index (χ4n) is 2.73. The second-order valence-corrected chi connectivity index (χ2v) is 7.10. The third-order valence-electron chi connectivity index (χ3n) is 3.81. The Bertz CT molecular complexity index is 613. The maximum atomic E-state index is 11.8. The van der Waals surface area contributed by atoms with Gasteiger partial charge in [-0.25, -0.2) is 4.90 Å². The minimum absolute atomic E-state index is 0. The third kappa shape index (κ3) is 9.41. The summed E-state index contributed by atoms with van der Waals surface area (Å²) in [5.74, 6) is 0. The van der Waals surface area contributed by atoms with Crippen molar-refractivity contribution in [2.24, 2.45) is 0 Å². The van der Waals surface area contributed by atoms with E-state index < -0.39 is 8.16 Å². The molecular formula is C14H21F6N3O3P-. The molecule has 2 fully saturated rings. The van der Waals surface area contributed by atoms with Gasteiger partial charge in [0.1, 0.15) is 0 Å². The quantitative estimate of drug-likeness (QED) is 0.502. The molecule has 3 rings (SSSR count). The van der Waals surface area contributed by atoms with Crippen molar-refractivity contribution < 1.29 is 35.3 Å². The SMILES string of the molecule is FP(F)(F)(F)F.O=c1ccccn1OC(N1CCCC1)N1CCOCC1.[F-]. The molecule has 2 aliphatic rings. The van der Waals surface area contributed by atoms with Crippen LogP contribution in [0.15, 0.2) is 29.2 Å². The van der Waals surface area contributed by atoms with Gasteiger partial charge < -0.3 is 14.3 Å². The molecule has 0 spiro atoms. The number of hydrogen-bond acceptors (Lipinski definition) is 5. The first-order chi connectivity index (χ1) is 12.1. The van der Waals surface area contributed by atoms with Crippen molar-refractivity contribution in [2.45, 2.75) is 19.2 Å². The molecule has 2 aliphatic heterocycles. The van der Waals surface area contributed by atoms with Gasteiger partial charge in [-0.3, -0.25) is 9.69 Å². The van der Waals surface area contributed by atoms with Gasteiger partial charge in [0.2, 0.25) is 6.35 Å². The molecule has 0 bridgehead atoms. The Morgan fingerprint density at radius 1 is 0.963 bits per heavy atom. The van der Waals surface area contributed by atoms with Crippen LogP contribution >= 0.6 is 8.16 Å². The van der Waals surface area contributed by atoms with Crippen molar-refractivity contribution >= 4 is 8.16 Å². The Balaban J connectivity index is 0.000000456. The van der Waals surface area contributed by atoms with E-state index in [1.807, 2.05) is 6.07 Å². The van der Waals surface area contributed by atoms with Crippen molar-refractivity contribution in [3.8, 4) is 0 Å². The number of likely N-dealkylation sites (tertiary alicyclic amines) is 1. The average Bonchev–Trinajstić information content (AvgIpc) is 3.07. The average molecular weight is 424 g/mol. The molecule has 0 N–H and O–H groups in total. The smallest absolute Gasteiger partial charge is 0.283 e. The van der Waals surface area contributed by atoms with Gasteiger partial charge in [-0.15, -0.1) is 4.73 Å². The van der Waals surface area contributed by atoms with Gasteiger partial charge in [-0.1, -0.05) is 6.07 Å². The zero-order valence-corrected chi connectivity index (χ0v) is 15.2. The predicted molar refractivity (Wildman–Crippen MR) is 86.7 cm³/mol. The van der Waals surface area contributed by atoms with Crippen LogP contribution in [-0.4, -0.2) is 60.3 Å². The zero-order chi connectivity index (χ0) is 19.2. The number of hydrogen-bond donors (Lipinski definition) is 0. The molecule has 13 heteroatoms. The summed E-state index contributed by atoms with van der Waals surface area (Å²) in [6.07, 6.45) is 3.87. The molecule has 0 aromatic carbocycles. The van der Waals surface area contributed by atoms with Crippen molar-refractivity contribution in [2.75, 3.05) is 39.4 Å². The van der Waals surface area contributed by atoms with Crippen molar-refractivity contribution in [3.05, 3.63) is 34.7 Å². The van der Waals surface area contributed by atoms with Crippen LogP contribution in [0.4, 0.5) is 21.0 Å². The van der Waals surface area contributed by atoms with Gasteiger partial charge in [0, 0.05) is 38.4 Å². The third-order valence-corrected chi connectivity index (χ3v) is 3.81. The number of ether oxygens (including phenoxy) is 1. The van der Waals surface area contributed by atoms with Gasteiger partial charge in [-0.05, 0) is 18.9 Å². The largest absolute Gasteiger partial charge is 1.00 e. The van der Waals surface area contributed by atoms with Gasteiger partial charge in [0.25, 0.3) is 5.56 Å². The van der Waals surface area contributed by atoms with E-state index in [4.69, 9.17) is 9.57 Å². The maximum Gasteiger partial charge on any atom is 0.283 e. The molecule has 0 radical (unpaired) electrons. The van der Waals surface area contributed by atoms with Crippen molar-refractivity contribution in [1.29, 1.82) is 0 Å². The van der Waals surface area contributed by atoms with E-state index in [-0.39, 0.29) is 16.6 Å². The topological polar surface area (TPSA) is 46.9 Å². The standard InChI is InChI=1S/C14H21N3O3.F5P.FH/c18-13-5-1-2-8-17(13)20-14(15-6-3-4-7-15)16-9-11-19-12-10-16;1-6(2,3,4)5;/h1-2,5,8,14H,3-4,6-7,9-12H2;;1H/p-1. The minimum atomic E-state index is -8.55. The molecule has 3 heterocycles. The first-order valence-corrected chi connectivity index (χ1v) is 9.79.